The van der Waals surface area contributed by atoms with Crippen LogP contribution in [0.4, 0.5) is 0 Å². The summed E-state index contributed by atoms with van der Waals surface area (Å²) in [6.07, 6.45) is 1.69. The van der Waals surface area contributed by atoms with Crippen molar-refractivity contribution in [2.75, 3.05) is 6.61 Å². The molecule has 0 amide bonds. The molecular weight excluding hydrogens is 358 g/mol. The maximum Gasteiger partial charge on any atom is 0.379 e. The van der Waals surface area contributed by atoms with Gasteiger partial charge in [0.2, 0.25) is 0 Å². The lowest BCUT2D eigenvalue weighted by atomic mass is 10.0. The molecule has 1 aliphatic heterocycles. The van der Waals surface area contributed by atoms with E-state index in [1.54, 1.807) is 12.3 Å². The van der Waals surface area contributed by atoms with Gasteiger partial charge in [0.25, 0.3) is 5.78 Å². The summed E-state index contributed by atoms with van der Waals surface area (Å²) in [6, 6.07) is 11.1. The molecule has 2 N–H and O–H groups in total. The predicted molar refractivity (Wildman–Crippen MR) is 104 cm³/mol. The minimum atomic E-state index is -0.981. The van der Waals surface area contributed by atoms with Gasteiger partial charge in [-0.25, -0.2) is 4.79 Å². The Balaban J connectivity index is 1.91. The van der Waals surface area contributed by atoms with Crippen LogP contribution in [-0.4, -0.2) is 33.1 Å². The average molecular weight is 377 g/mol. The fraction of sp³-hybridized carbons (Fsp3) is 0.182. The number of carbonyl (C=O) groups is 2. The van der Waals surface area contributed by atoms with Crippen molar-refractivity contribution in [2.45, 2.75) is 20.4 Å². The van der Waals surface area contributed by atoms with Crippen LogP contribution in [-0.2, 0) is 20.9 Å². The van der Waals surface area contributed by atoms with Gasteiger partial charge in [0.05, 0.1) is 16.5 Å². The molecule has 0 bridgehead atoms. The monoisotopic (exact) mass is 377 g/mol. The van der Waals surface area contributed by atoms with Crippen molar-refractivity contribution in [2.24, 2.45) is 0 Å². The normalized spacial score (nSPS) is 15.9. The molecule has 0 saturated carbocycles. The number of fused-ring (bicyclic) bond motifs is 1. The van der Waals surface area contributed by atoms with E-state index in [2.05, 4.69) is 0 Å². The summed E-state index contributed by atoms with van der Waals surface area (Å²) in [6.45, 7) is 4.32. The molecule has 2 aromatic carbocycles. The minimum Gasteiger partial charge on any atom is -0.507 e. The van der Waals surface area contributed by atoms with Crippen molar-refractivity contribution in [3.05, 3.63) is 70.4 Å². The average Bonchev–Trinajstić information content (AvgIpc) is 3.20. The lowest BCUT2D eigenvalue weighted by Gasteiger charge is -2.12. The number of aryl methyl sites for hydroxylation is 2. The highest BCUT2D eigenvalue weighted by molar-refractivity contribution is 6.43. The molecule has 0 spiro atoms. The number of cyclic esters (lactones) is 1. The fourth-order valence-electron chi connectivity index (χ4n) is 3.64. The lowest BCUT2D eigenvalue weighted by molar-refractivity contribution is -0.146. The molecular formula is C22H19NO5. The zero-order valence-electron chi connectivity index (χ0n) is 15.5. The van der Waals surface area contributed by atoms with E-state index in [1.165, 1.54) is 6.07 Å². The molecule has 142 valence electrons. The molecule has 1 saturated heterocycles. The molecule has 0 atom stereocenters. The van der Waals surface area contributed by atoms with Crippen LogP contribution >= 0.6 is 0 Å². The number of aromatic nitrogens is 1. The zero-order chi connectivity index (χ0) is 20.0. The van der Waals surface area contributed by atoms with Crippen LogP contribution in [0.1, 0.15) is 22.3 Å². The van der Waals surface area contributed by atoms with Gasteiger partial charge in [0, 0.05) is 18.3 Å². The first kappa shape index (κ1) is 17.9. The molecule has 1 fully saturated rings. The van der Waals surface area contributed by atoms with E-state index in [9.17, 15) is 19.8 Å². The van der Waals surface area contributed by atoms with Gasteiger partial charge in [-0.1, -0.05) is 24.3 Å². The molecule has 0 unspecified atom stereocenters. The Hall–Kier alpha value is -3.54. The van der Waals surface area contributed by atoms with E-state index in [4.69, 9.17) is 4.74 Å². The van der Waals surface area contributed by atoms with Crippen LogP contribution in [0.5, 0.6) is 5.75 Å². The van der Waals surface area contributed by atoms with Crippen molar-refractivity contribution < 1.29 is 24.5 Å². The Morgan fingerprint density at radius 1 is 1.11 bits per heavy atom. The van der Waals surface area contributed by atoms with Crippen LogP contribution in [0, 0.1) is 13.8 Å². The number of hydrogen-bond acceptors (Lipinski definition) is 5. The Labute approximate surface area is 161 Å². The van der Waals surface area contributed by atoms with Gasteiger partial charge in [0.15, 0.2) is 0 Å². The van der Waals surface area contributed by atoms with Crippen LogP contribution in [0.25, 0.3) is 16.7 Å². The van der Waals surface area contributed by atoms with E-state index in [1.807, 2.05) is 42.7 Å². The van der Waals surface area contributed by atoms with Gasteiger partial charge in [0.1, 0.15) is 18.1 Å². The number of aliphatic hydroxyl groups excluding tert-OH is 1. The number of benzene rings is 2. The number of phenolic OH excluding ortho intramolecular Hbond substituents is 1. The van der Waals surface area contributed by atoms with Gasteiger partial charge in [-0.2, -0.15) is 0 Å². The Kier molecular flexibility index (Phi) is 4.19. The summed E-state index contributed by atoms with van der Waals surface area (Å²) in [4.78, 5) is 23.4. The van der Waals surface area contributed by atoms with Crippen molar-refractivity contribution in [3.63, 3.8) is 0 Å². The third kappa shape index (κ3) is 2.74. The number of esters is 1. The van der Waals surface area contributed by atoms with Gasteiger partial charge in [-0.05, 0) is 42.7 Å². The first-order valence-electron chi connectivity index (χ1n) is 8.88. The smallest absolute Gasteiger partial charge is 0.379 e. The van der Waals surface area contributed by atoms with E-state index < -0.39 is 11.8 Å². The quantitative estimate of drug-likeness (QED) is 0.316. The molecule has 0 aliphatic carbocycles. The van der Waals surface area contributed by atoms with E-state index in [0.29, 0.717) is 23.0 Å². The third-order valence-electron chi connectivity index (χ3n) is 5.21. The van der Waals surface area contributed by atoms with Crippen LogP contribution < -0.4 is 0 Å². The Morgan fingerprint density at radius 3 is 2.43 bits per heavy atom. The number of Topliss-reactive ketones (excluding diaryl/α,β-unsaturated/α-hetero) is 1. The van der Waals surface area contributed by atoms with E-state index >= 15 is 0 Å². The molecule has 0 radical (unpaired) electrons. The van der Waals surface area contributed by atoms with Gasteiger partial charge in [-0.15, -0.1) is 0 Å². The number of aromatic hydroxyl groups is 1. The number of ether oxygens (including phenoxy) is 1. The molecule has 1 aromatic heterocycles. The summed E-state index contributed by atoms with van der Waals surface area (Å²) in [7, 11) is 0. The highest BCUT2D eigenvalue weighted by atomic mass is 16.5. The molecule has 4 rings (SSSR count). The number of hydrogen-bond donors (Lipinski definition) is 2. The second-order valence-corrected chi connectivity index (χ2v) is 6.94. The summed E-state index contributed by atoms with van der Waals surface area (Å²) in [5.74, 6) is -2.20. The molecule has 6 heteroatoms. The topological polar surface area (TPSA) is 88.8 Å². The maximum absolute atomic E-state index is 12.0. The van der Waals surface area contributed by atoms with Gasteiger partial charge >= 0.3 is 5.97 Å². The van der Waals surface area contributed by atoms with Crippen molar-refractivity contribution in [3.8, 4) is 5.75 Å². The fourth-order valence-corrected chi connectivity index (χ4v) is 3.64. The first-order valence-corrected chi connectivity index (χ1v) is 8.88. The van der Waals surface area contributed by atoms with Gasteiger partial charge < -0.3 is 19.5 Å². The number of carbonyl (C=O) groups excluding carboxylic acids is 2. The SMILES string of the molecule is Cc1cccc(C)c1Cn1cc(/C(O)=C2\COC(=O)C2=O)c2c(O)cccc21. The lowest BCUT2D eigenvalue weighted by Crippen LogP contribution is -2.08. The molecule has 1 aliphatic rings. The first-order chi connectivity index (χ1) is 13.4. The van der Waals surface area contributed by atoms with E-state index in [0.717, 1.165) is 16.7 Å². The molecule has 3 aromatic rings. The van der Waals surface area contributed by atoms with Crippen LogP contribution in [0.2, 0.25) is 0 Å². The second-order valence-electron chi connectivity index (χ2n) is 6.94. The van der Waals surface area contributed by atoms with Crippen molar-refractivity contribution >= 4 is 28.4 Å². The number of nitrogens with zero attached hydrogens (tertiary/aromatic N) is 1. The van der Waals surface area contributed by atoms with E-state index in [-0.39, 0.29) is 23.7 Å². The standard InChI is InChI=1S/C22H19NO5/c1-12-5-3-6-13(2)14(12)9-23-10-15(19-17(23)7-4-8-18(19)24)20(25)16-11-28-22(27)21(16)26/h3-8,10,24-25H,9,11H2,1-2H3/b20-16-. The van der Waals surface area contributed by atoms with Crippen molar-refractivity contribution in [1.29, 1.82) is 0 Å². The predicted octanol–water partition coefficient (Wildman–Crippen LogP) is 3.41. The third-order valence-corrected chi connectivity index (χ3v) is 5.21. The zero-order valence-corrected chi connectivity index (χ0v) is 15.5. The maximum atomic E-state index is 12.0. The van der Waals surface area contributed by atoms with Crippen LogP contribution in [0.15, 0.2) is 48.2 Å². The number of aliphatic hydroxyl groups is 1. The molecule has 28 heavy (non-hydrogen) atoms. The largest absolute Gasteiger partial charge is 0.507 e. The summed E-state index contributed by atoms with van der Waals surface area (Å²) >= 11 is 0. The summed E-state index contributed by atoms with van der Waals surface area (Å²) in [5, 5.41) is 21.6. The summed E-state index contributed by atoms with van der Waals surface area (Å²) < 4.78 is 6.64. The minimum absolute atomic E-state index is 0.0161. The Bertz CT molecular complexity index is 1150. The number of phenols is 1. The van der Waals surface area contributed by atoms with Crippen molar-refractivity contribution in [1.82, 2.24) is 4.57 Å². The number of ketones is 1. The highest BCUT2D eigenvalue weighted by Gasteiger charge is 2.33. The summed E-state index contributed by atoms with van der Waals surface area (Å²) in [5.41, 5.74) is 4.31. The van der Waals surface area contributed by atoms with Crippen LogP contribution in [0.3, 0.4) is 0 Å². The Morgan fingerprint density at radius 2 is 1.79 bits per heavy atom. The van der Waals surface area contributed by atoms with Gasteiger partial charge in [-0.3, -0.25) is 4.79 Å². The second kappa shape index (κ2) is 6.56. The molecule has 6 nitrogen and oxygen atoms in total. The number of rotatable bonds is 3. The highest BCUT2D eigenvalue weighted by Crippen LogP contribution is 2.35. The molecule has 2 heterocycles.